The number of hydrogen-bond acceptors (Lipinski definition) is 5. The van der Waals surface area contributed by atoms with Gasteiger partial charge < -0.3 is 13.9 Å². The molecule has 0 bridgehead atoms. The largest absolute Gasteiger partial charge is 0.451 e. The molecule has 1 aromatic heterocycles. The molecule has 0 atom stereocenters. The Morgan fingerprint density at radius 3 is 2.62 bits per heavy atom. The minimum atomic E-state index is -3.07. The summed E-state index contributed by atoms with van der Waals surface area (Å²) in [6, 6.07) is 12.7. The molecule has 3 rings (SSSR count). The van der Waals surface area contributed by atoms with Gasteiger partial charge in [-0.25, -0.2) is 4.79 Å². The lowest BCUT2D eigenvalue weighted by Gasteiger charge is -2.10. The van der Waals surface area contributed by atoms with Gasteiger partial charge in [-0.3, -0.25) is 4.79 Å². The van der Waals surface area contributed by atoms with Gasteiger partial charge in [-0.2, -0.15) is 8.78 Å². The fourth-order valence-corrected chi connectivity index (χ4v) is 2.42. The highest BCUT2D eigenvalue weighted by atomic mass is 19.3. The zero-order valence-corrected chi connectivity index (χ0v) is 13.7. The molecule has 0 aliphatic heterocycles. The minimum Gasteiger partial charge on any atom is -0.451 e. The van der Waals surface area contributed by atoms with Crippen molar-refractivity contribution >= 4 is 22.7 Å². The number of ketones is 1. The summed E-state index contributed by atoms with van der Waals surface area (Å²) in [4.78, 5) is 24.3. The van der Waals surface area contributed by atoms with Crippen LogP contribution in [0.5, 0.6) is 5.75 Å². The van der Waals surface area contributed by atoms with E-state index in [0.717, 1.165) is 5.39 Å². The third-order valence-corrected chi connectivity index (χ3v) is 3.61. The first-order chi connectivity index (χ1) is 12.4. The molecule has 134 valence electrons. The van der Waals surface area contributed by atoms with Crippen LogP contribution in [-0.4, -0.2) is 25.0 Å². The van der Waals surface area contributed by atoms with Gasteiger partial charge in [0, 0.05) is 5.39 Å². The molecule has 0 unspecified atom stereocenters. The van der Waals surface area contributed by atoms with E-state index in [2.05, 4.69) is 4.74 Å². The van der Waals surface area contributed by atoms with Crippen LogP contribution in [0.1, 0.15) is 26.5 Å². The van der Waals surface area contributed by atoms with E-state index < -0.39 is 25.0 Å². The quantitative estimate of drug-likeness (QED) is 0.482. The molecule has 0 N–H and O–H groups in total. The molecule has 0 saturated carbocycles. The number of ether oxygens (including phenoxy) is 2. The van der Waals surface area contributed by atoms with Crippen LogP contribution in [-0.2, 0) is 4.74 Å². The molecule has 0 amide bonds. The van der Waals surface area contributed by atoms with Crippen LogP contribution in [0.15, 0.2) is 52.9 Å². The maximum absolute atomic E-state index is 12.5. The van der Waals surface area contributed by atoms with E-state index >= 15 is 0 Å². The average molecular weight is 360 g/mol. The molecule has 7 heteroatoms. The van der Waals surface area contributed by atoms with E-state index in [1.54, 1.807) is 31.2 Å². The molecule has 0 fully saturated rings. The molecule has 5 nitrogen and oxygen atoms in total. The predicted octanol–water partition coefficient (Wildman–Crippen LogP) is 4.38. The molecular weight excluding hydrogens is 346 g/mol. The number of halogens is 2. The van der Waals surface area contributed by atoms with Gasteiger partial charge in [-0.05, 0) is 31.2 Å². The number of benzene rings is 2. The van der Waals surface area contributed by atoms with E-state index in [1.807, 2.05) is 0 Å². The van der Waals surface area contributed by atoms with Gasteiger partial charge in [0.2, 0.25) is 11.5 Å². The fourth-order valence-electron chi connectivity index (χ4n) is 2.42. The molecule has 0 spiro atoms. The molecule has 2 aromatic carbocycles. The van der Waals surface area contributed by atoms with Gasteiger partial charge in [0.25, 0.3) is 0 Å². The van der Waals surface area contributed by atoms with Crippen molar-refractivity contribution in [2.75, 3.05) is 6.61 Å². The third kappa shape index (κ3) is 3.88. The number of para-hydroxylation sites is 1. The number of hydrogen-bond donors (Lipinski definition) is 0. The second-order valence-electron chi connectivity index (χ2n) is 5.53. The first-order valence-corrected chi connectivity index (χ1v) is 7.68. The number of aryl methyl sites for hydroxylation is 1. The number of fused-ring (bicyclic) bond motifs is 1. The summed E-state index contributed by atoms with van der Waals surface area (Å²) in [7, 11) is 0. The number of furan rings is 1. The van der Waals surface area contributed by atoms with Crippen LogP contribution in [0, 0.1) is 6.92 Å². The van der Waals surface area contributed by atoms with Crippen LogP contribution >= 0.6 is 0 Å². The van der Waals surface area contributed by atoms with Gasteiger partial charge >= 0.3 is 12.6 Å². The molecule has 0 radical (unpaired) electrons. The van der Waals surface area contributed by atoms with Crippen molar-refractivity contribution in [2.24, 2.45) is 0 Å². The molecule has 26 heavy (non-hydrogen) atoms. The average Bonchev–Trinajstić information content (AvgIpc) is 3.04. The maximum Gasteiger partial charge on any atom is 0.387 e. The van der Waals surface area contributed by atoms with E-state index in [1.165, 1.54) is 24.3 Å². The zero-order chi connectivity index (χ0) is 18.7. The summed E-state index contributed by atoms with van der Waals surface area (Å²) in [5.41, 5.74) is 1.11. The van der Waals surface area contributed by atoms with Crippen LogP contribution in [0.4, 0.5) is 8.78 Å². The normalized spacial score (nSPS) is 10.9. The topological polar surface area (TPSA) is 65.7 Å². The van der Waals surface area contributed by atoms with Crippen molar-refractivity contribution in [2.45, 2.75) is 13.5 Å². The second kappa shape index (κ2) is 7.35. The smallest absolute Gasteiger partial charge is 0.387 e. The van der Waals surface area contributed by atoms with Gasteiger partial charge in [0.15, 0.2) is 6.61 Å². The van der Waals surface area contributed by atoms with E-state index in [4.69, 9.17) is 9.15 Å². The highest BCUT2D eigenvalue weighted by Gasteiger charge is 2.20. The Bertz CT molecular complexity index is 928. The van der Waals surface area contributed by atoms with Crippen molar-refractivity contribution in [1.82, 2.24) is 0 Å². The summed E-state index contributed by atoms with van der Waals surface area (Å²) in [5.74, 6) is -1.80. The Kier molecular flexibility index (Phi) is 4.97. The fraction of sp³-hybridized carbons (Fsp3) is 0.158. The monoisotopic (exact) mass is 360 g/mol. The molecule has 3 aromatic rings. The summed E-state index contributed by atoms with van der Waals surface area (Å²) in [5, 5.41) is 0.720. The van der Waals surface area contributed by atoms with Gasteiger partial charge in [-0.15, -0.1) is 0 Å². The lowest BCUT2D eigenvalue weighted by Crippen LogP contribution is -2.16. The van der Waals surface area contributed by atoms with Gasteiger partial charge in [-0.1, -0.05) is 29.8 Å². The Hall–Kier alpha value is -3.22. The van der Waals surface area contributed by atoms with Crippen LogP contribution in [0.2, 0.25) is 0 Å². The standard InChI is InChI=1S/C19H14F2O5/c1-11-6-7-16(26-19(20)21)13(8-11)14(22)10-24-18(23)17-9-12-4-2-3-5-15(12)25-17/h2-9,19H,10H2,1H3. The number of alkyl halides is 2. The van der Waals surface area contributed by atoms with E-state index in [9.17, 15) is 18.4 Å². The van der Waals surface area contributed by atoms with E-state index in [-0.39, 0.29) is 17.1 Å². The Morgan fingerprint density at radius 1 is 1.12 bits per heavy atom. The number of carbonyl (C=O) groups excluding carboxylic acids is 2. The number of rotatable bonds is 6. The lowest BCUT2D eigenvalue weighted by atomic mass is 10.1. The third-order valence-electron chi connectivity index (χ3n) is 3.61. The second-order valence-corrected chi connectivity index (χ2v) is 5.53. The molecule has 0 aliphatic rings. The Labute approximate surface area is 147 Å². The first-order valence-electron chi connectivity index (χ1n) is 7.68. The van der Waals surface area contributed by atoms with E-state index in [0.29, 0.717) is 11.1 Å². The first kappa shape index (κ1) is 17.6. The summed E-state index contributed by atoms with van der Waals surface area (Å²) >= 11 is 0. The van der Waals surface area contributed by atoms with Gasteiger partial charge in [0.05, 0.1) is 5.56 Å². The van der Waals surface area contributed by atoms with Crippen molar-refractivity contribution < 1.29 is 32.3 Å². The number of esters is 1. The highest BCUT2D eigenvalue weighted by molar-refractivity contribution is 6.01. The maximum atomic E-state index is 12.5. The van der Waals surface area contributed by atoms with Crippen LogP contribution < -0.4 is 4.74 Å². The lowest BCUT2D eigenvalue weighted by molar-refractivity contribution is -0.0502. The van der Waals surface area contributed by atoms with Crippen LogP contribution in [0.3, 0.4) is 0 Å². The number of carbonyl (C=O) groups is 2. The van der Waals surface area contributed by atoms with Crippen LogP contribution in [0.25, 0.3) is 11.0 Å². The van der Waals surface area contributed by atoms with Crippen molar-refractivity contribution in [3.05, 3.63) is 65.4 Å². The highest BCUT2D eigenvalue weighted by Crippen LogP contribution is 2.23. The SMILES string of the molecule is Cc1ccc(OC(F)F)c(C(=O)COC(=O)c2cc3ccccc3o2)c1. The summed E-state index contributed by atoms with van der Waals surface area (Å²) in [6.45, 7) is -2.00. The van der Waals surface area contributed by atoms with Gasteiger partial charge in [0.1, 0.15) is 11.3 Å². The molecule has 0 aliphatic carbocycles. The number of Topliss-reactive ketones (excluding diaryl/α,β-unsaturated/α-hetero) is 1. The molecule has 1 heterocycles. The van der Waals surface area contributed by atoms with Crippen molar-refractivity contribution in [1.29, 1.82) is 0 Å². The Balaban J connectivity index is 1.72. The zero-order valence-electron chi connectivity index (χ0n) is 13.7. The summed E-state index contributed by atoms with van der Waals surface area (Å²) in [6.07, 6.45) is 0. The van der Waals surface area contributed by atoms with Crippen molar-refractivity contribution in [3.8, 4) is 5.75 Å². The summed E-state index contributed by atoms with van der Waals surface area (Å²) < 4.78 is 39.6. The predicted molar refractivity (Wildman–Crippen MR) is 88.6 cm³/mol. The Morgan fingerprint density at radius 2 is 1.88 bits per heavy atom. The molecular formula is C19H14F2O5. The minimum absolute atomic E-state index is 0.0488. The molecule has 0 saturated heterocycles. The van der Waals surface area contributed by atoms with Crippen molar-refractivity contribution in [3.63, 3.8) is 0 Å².